The van der Waals surface area contributed by atoms with E-state index in [-0.39, 0.29) is 6.04 Å². The molecule has 1 aromatic heterocycles. The van der Waals surface area contributed by atoms with E-state index < -0.39 is 0 Å². The second kappa shape index (κ2) is 10.3. The molecule has 1 aromatic carbocycles. The lowest BCUT2D eigenvalue weighted by Gasteiger charge is -2.28. The van der Waals surface area contributed by atoms with Gasteiger partial charge in [-0.1, -0.05) is 18.2 Å². The minimum absolute atomic E-state index is 0.176. The smallest absolute Gasteiger partial charge is 0.191 e. The standard InChI is InChI=1S/C21H32N4OS/c1-15(13-17-12-11-16(2)27-17)24-21(22-3)23-14-19(25(4)5)18-9-7-8-10-20(18)26-6/h7-12,15,19H,13-14H2,1-6H3,(H2,22,23,24). The second-order valence-electron chi connectivity index (χ2n) is 6.94. The number of nitrogens with one attached hydrogen (secondary N) is 2. The third-order valence-electron chi connectivity index (χ3n) is 4.49. The van der Waals surface area contributed by atoms with Crippen molar-refractivity contribution in [1.29, 1.82) is 0 Å². The number of nitrogens with zero attached hydrogens (tertiary/aromatic N) is 2. The van der Waals surface area contributed by atoms with Gasteiger partial charge in [-0.3, -0.25) is 4.99 Å². The highest BCUT2D eigenvalue weighted by Crippen LogP contribution is 2.27. The van der Waals surface area contributed by atoms with Crippen LogP contribution in [0.2, 0.25) is 0 Å². The number of hydrogen-bond acceptors (Lipinski definition) is 4. The van der Waals surface area contributed by atoms with Gasteiger partial charge < -0.3 is 20.3 Å². The van der Waals surface area contributed by atoms with E-state index in [2.05, 4.69) is 66.7 Å². The first-order valence-electron chi connectivity index (χ1n) is 9.26. The Labute approximate surface area is 167 Å². The summed E-state index contributed by atoms with van der Waals surface area (Å²) in [5.74, 6) is 1.72. The minimum Gasteiger partial charge on any atom is -0.496 e. The molecule has 0 aliphatic rings. The second-order valence-corrected chi connectivity index (χ2v) is 8.31. The number of rotatable bonds is 8. The van der Waals surface area contributed by atoms with Gasteiger partial charge in [0.15, 0.2) is 5.96 Å². The predicted octanol–water partition coefficient (Wildman–Crippen LogP) is 3.46. The molecular formula is C21H32N4OS. The van der Waals surface area contributed by atoms with Crippen molar-refractivity contribution in [2.75, 3.05) is 34.8 Å². The maximum atomic E-state index is 5.54. The molecule has 148 valence electrons. The van der Waals surface area contributed by atoms with Gasteiger partial charge in [-0.2, -0.15) is 0 Å². The van der Waals surface area contributed by atoms with E-state index in [0.29, 0.717) is 6.04 Å². The van der Waals surface area contributed by atoms with Gasteiger partial charge in [0.1, 0.15) is 5.75 Å². The third-order valence-corrected chi connectivity index (χ3v) is 5.52. The van der Waals surface area contributed by atoms with Gasteiger partial charge >= 0.3 is 0 Å². The third kappa shape index (κ3) is 6.26. The van der Waals surface area contributed by atoms with E-state index in [0.717, 1.165) is 30.2 Å². The molecule has 0 aliphatic carbocycles. The molecule has 0 radical (unpaired) electrons. The van der Waals surface area contributed by atoms with Gasteiger partial charge in [0, 0.05) is 41.4 Å². The van der Waals surface area contributed by atoms with E-state index >= 15 is 0 Å². The Morgan fingerprint density at radius 3 is 2.56 bits per heavy atom. The highest BCUT2D eigenvalue weighted by Gasteiger charge is 2.19. The number of guanidine groups is 1. The lowest BCUT2D eigenvalue weighted by molar-refractivity contribution is 0.287. The summed E-state index contributed by atoms with van der Waals surface area (Å²) in [5.41, 5.74) is 1.16. The molecule has 5 nitrogen and oxygen atoms in total. The SMILES string of the molecule is CN=C(NCC(c1ccccc1OC)N(C)C)NC(C)Cc1ccc(C)s1. The van der Waals surface area contributed by atoms with Crippen molar-refractivity contribution in [1.82, 2.24) is 15.5 Å². The summed E-state index contributed by atoms with van der Waals surface area (Å²) in [6.45, 7) is 5.06. The molecule has 0 aliphatic heterocycles. The number of aliphatic imine (C=N–C) groups is 1. The molecule has 2 atom stereocenters. The molecular weight excluding hydrogens is 356 g/mol. The quantitative estimate of drug-likeness (QED) is 0.537. The van der Waals surface area contributed by atoms with Crippen molar-refractivity contribution in [3.63, 3.8) is 0 Å². The van der Waals surface area contributed by atoms with Crippen LogP contribution in [-0.4, -0.2) is 51.7 Å². The van der Waals surface area contributed by atoms with Crippen LogP contribution in [-0.2, 0) is 6.42 Å². The van der Waals surface area contributed by atoms with Gasteiger partial charge in [-0.15, -0.1) is 11.3 Å². The Bertz CT molecular complexity index is 741. The Hall–Kier alpha value is -2.05. The monoisotopic (exact) mass is 388 g/mol. The lowest BCUT2D eigenvalue weighted by atomic mass is 10.0. The normalized spacial score (nSPS) is 14.1. The first-order chi connectivity index (χ1) is 12.9. The number of aryl methyl sites for hydroxylation is 1. The van der Waals surface area contributed by atoms with Crippen LogP contribution in [0.15, 0.2) is 41.4 Å². The zero-order valence-electron chi connectivity index (χ0n) is 17.2. The van der Waals surface area contributed by atoms with E-state index in [4.69, 9.17) is 4.74 Å². The van der Waals surface area contributed by atoms with Crippen LogP contribution < -0.4 is 15.4 Å². The summed E-state index contributed by atoms with van der Waals surface area (Å²) in [6, 6.07) is 13.0. The molecule has 6 heteroatoms. The first-order valence-corrected chi connectivity index (χ1v) is 10.1. The van der Waals surface area contributed by atoms with Crippen LogP contribution in [0.25, 0.3) is 0 Å². The van der Waals surface area contributed by atoms with Gasteiger partial charge in [0.2, 0.25) is 0 Å². The van der Waals surface area contributed by atoms with Crippen molar-refractivity contribution in [3.8, 4) is 5.75 Å². The van der Waals surface area contributed by atoms with Crippen molar-refractivity contribution in [3.05, 3.63) is 51.7 Å². The largest absolute Gasteiger partial charge is 0.496 e. The zero-order valence-corrected chi connectivity index (χ0v) is 18.1. The number of benzene rings is 1. The average Bonchev–Trinajstić information content (AvgIpc) is 3.05. The molecule has 2 unspecified atom stereocenters. The minimum atomic E-state index is 0.176. The maximum absolute atomic E-state index is 5.54. The van der Waals surface area contributed by atoms with Crippen molar-refractivity contribution >= 4 is 17.3 Å². The fourth-order valence-electron chi connectivity index (χ4n) is 3.08. The van der Waals surface area contributed by atoms with Crippen LogP contribution in [0.4, 0.5) is 0 Å². The highest BCUT2D eigenvalue weighted by atomic mass is 32.1. The Morgan fingerprint density at radius 1 is 1.22 bits per heavy atom. The number of para-hydroxylation sites is 1. The Kier molecular flexibility index (Phi) is 8.13. The van der Waals surface area contributed by atoms with Gasteiger partial charge in [-0.05, 0) is 46.1 Å². The van der Waals surface area contributed by atoms with Gasteiger partial charge in [-0.25, -0.2) is 0 Å². The number of thiophene rings is 1. The summed E-state index contributed by atoms with van der Waals surface area (Å²) in [5, 5.41) is 6.96. The van der Waals surface area contributed by atoms with E-state index in [1.165, 1.54) is 9.75 Å². The van der Waals surface area contributed by atoms with Gasteiger partial charge in [0.25, 0.3) is 0 Å². The number of methoxy groups -OCH3 is 1. The molecule has 0 saturated heterocycles. The molecule has 0 fully saturated rings. The Balaban J connectivity index is 1.98. The van der Waals surface area contributed by atoms with E-state index in [1.54, 1.807) is 7.11 Å². The number of likely N-dealkylation sites (N-methyl/N-ethyl adjacent to an activating group) is 1. The van der Waals surface area contributed by atoms with Crippen LogP contribution in [0.1, 0.15) is 28.3 Å². The molecule has 2 N–H and O–H groups in total. The number of hydrogen-bond donors (Lipinski definition) is 2. The van der Waals surface area contributed by atoms with Gasteiger partial charge in [0.05, 0.1) is 13.2 Å². The van der Waals surface area contributed by atoms with Crippen LogP contribution in [0.5, 0.6) is 5.75 Å². The molecule has 0 saturated carbocycles. The molecule has 2 rings (SSSR count). The van der Waals surface area contributed by atoms with E-state index in [1.807, 2.05) is 36.6 Å². The molecule has 27 heavy (non-hydrogen) atoms. The molecule has 2 aromatic rings. The topological polar surface area (TPSA) is 48.9 Å². The van der Waals surface area contributed by atoms with E-state index in [9.17, 15) is 0 Å². The number of ether oxygens (including phenoxy) is 1. The molecule has 1 heterocycles. The Morgan fingerprint density at radius 2 is 1.96 bits per heavy atom. The average molecular weight is 389 g/mol. The molecule has 0 amide bonds. The van der Waals surface area contributed by atoms with Crippen molar-refractivity contribution in [2.24, 2.45) is 4.99 Å². The highest BCUT2D eigenvalue weighted by molar-refractivity contribution is 7.11. The summed E-state index contributed by atoms with van der Waals surface area (Å²) >= 11 is 1.85. The first kappa shape index (κ1) is 21.3. The summed E-state index contributed by atoms with van der Waals surface area (Å²) in [6.07, 6.45) is 0.989. The zero-order chi connectivity index (χ0) is 19.8. The fourth-order valence-corrected chi connectivity index (χ4v) is 4.10. The predicted molar refractivity (Wildman–Crippen MR) is 116 cm³/mol. The molecule has 0 spiro atoms. The summed E-state index contributed by atoms with van der Waals surface area (Å²) < 4.78 is 5.54. The van der Waals surface area contributed by atoms with Crippen LogP contribution in [0.3, 0.4) is 0 Å². The fraction of sp³-hybridized carbons (Fsp3) is 0.476. The molecule has 0 bridgehead atoms. The summed E-state index contributed by atoms with van der Waals surface area (Å²) in [4.78, 5) is 9.32. The maximum Gasteiger partial charge on any atom is 0.191 e. The van der Waals surface area contributed by atoms with Crippen molar-refractivity contribution in [2.45, 2.75) is 32.4 Å². The van der Waals surface area contributed by atoms with Crippen LogP contribution in [0, 0.1) is 6.92 Å². The summed E-state index contributed by atoms with van der Waals surface area (Å²) in [7, 11) is 7.69. The van der Waals surface area contributed by atoms with Crippen LogP contribution >= 0.6 is 11.3 Å². The van der Waals surface area contributed by atoms with Crippen molar-refractivity contribution < 1.29 is 4.74 Å². The lowest BCUT2D eigenvalue weighted by Crippen LogP contribution is -2.45.